The van der Waals surface area contributed by atoms with Gasteiger partial charge in [0, 0.05) is 35.2 Å². The second kappa shape index (κ2) is 8.40. The summed E-state index contributed by atoms with van der Waals surface area (Å²) in [6.07, 6.45) is 7.32. The van der Waals surface area contributed by atoms with Gasteiger partial charge in [-0.3, -0.25) is 0 Å². The maximum absolute atomic E-state index is 4.63. The molecule has 0 unspecified atom stereocenters. The minimum atomic E-state index is 0. The molecule has 124 valence electrons. The lowest BCUT2D eigenvalue weighted by Gasteiger charge is -2.05. The summed E-state index contributed by atoms with van der Waals surface area (Å²) in [4.78, 5) is 13.2. The van der Waals surface area contributed by atoms with Gasteiger partial charge in [0.15, 0.2) is 5.82 Å². The SMILES string of the molecule is Cl.Cl.O.c1ccc(-c2ncc3cc(-n4ccnc4)ccc3n2)cc1. The summed E-state index contributed by atoms with van der Waals surface area (Å²) >= 11 is 0. The normalized spacial score (nSPS) is 9.50. The van der Waals surface area contributed by atoms with Crippen LogP contribution >= 0.6 is 24.8 Å². The summed E-state index contributed by atoms with van der Waals surface area (Å²) in [5, 5.41) is 1.01. The Kier molecular flexibility index (Phi) is 6.85. The molecule has 0 atom stereocenters. The number of hydrogen-bond acceptors (Lipinski definition) is 3. The fraction of sp³-hybridized carbons (Fsp3) is 0. The Labute approximate surface area is 151 Å². The van der Waals surface area contributed by atoms with Crippen LogP contribution in [0.25, 0.3) is 28.0 Å². The van der Waals surface area contributed by atoms with Gasteiger partial charge in [-0.2, -0.15) is 0 Å². The van der Waals surface area contributed by atoms with Gasteiger partial charge in [0.05, 0.1) is 11.8 Å². The van der Waals surface area contributed by atoms with Crippen LogP contribution in [0, 0.1) is 0 Å². The third kappa shape index (κ3) is 3.71. The van der Waals surface area contributed by atoms with Crippen LogP contribution < -0.4 is 0 Å². The van der Waals surface area contributed by atoms with Crippen LogP contribution in [0.15, 0.2) is 73.4 Å². The van der Waals surface area contributed by atoms with Crippen molar-refractivity contribution in [1.29, 1.82) is 0 Å². The van der Waals surface area contributed by atoms with Gasteiger partial charge in [-0.25, -0.2) is 15.0 Å². The molecule has 0 saturated carbocycles. The van der Waals surface area contributed by atoms with Crippen molar-refractivity contribution in [3.05, 3.63) is 73.4 Å². The molecule has 24 heavy (non-hydrogen) atoms. The van der Waals surface area contributed by atoms with Gasteiger partial charge in [0.25, 0.3) is 0 Å². The minimum Gasteiger partial charge on any atom is -0.412 e. The molecule has 2 heterocycles. The van der Waals surface area contributed by atoms with Crippen molar-refractivity contribution in [2.75, 3.05) is 0 Å². The summed E-state index contributed by atoms with van der Waals surface area (Å²) < 4.78 is 1.96. The average Bonchev–Trinajstić information content (AvgIpc) is 3.09. The van der Waals surface area contributed by atoms with Gasteiger partial charge >= 0.3 is 0 Å². The van der Waals surface area contributed by atoms with Crippen molar-refractivity contribution in [1.82, 2.24) is 19.5 Å². The predicted octanol–water partition coefficient (Wildman–Crippen LogP) is 3.50. The van der Waals surface area contributed by atoms with Crippen molar-refractivity contribution in [3.8, 4) is 17.1 Å². The van der Waals surface area contributed by atoms with Crippen LogP contribution in [0.5, 0.6) is 0 Å². The van der Waals surface area contributed by atoms with Gasteiger partial charge < -0.3 is 10.0 Å². The highest BCUT2D eigenvalue weighted by molar-refractivity contribution is 5.85. The fourth-order valence-corrected chi connectivity index (χ4v) is 2.32. The summed E-state index contributed by atoms with van der Waals surface area (Å²) in [6.45, 7) is 0. The topological polar surface area (TPSA) is 75.1 Å². The van der Waals surface area contributed by atoms with Crippen LogP contribution in [-0.2, 0) is 0 Å². The smallest absolute Gasteiger partial charge is 0.159 e. The zero-order valence-corrected chi connectivity index (χ0v) is 14.2. The van der Waals surface area contributed by atoms with Gasteiger partial charge in [0.1, 0.15) is 0 Å². The van der Waals surface area contributed by atoms with E-state index in [-0.39, 0.29) is 30.3 Å². The zero-order chi connectivity index (χ0) is 14.1. The van der Waals surface area contributed by atoms with E-state index in [0.717, 1.165) is 28.0 Å². The molecule has 0 bridgehead atoms. The van der Waals surface area contributed by atoms with Gasteiger partial charge in [-0.05, 0) is 18.2 Å². The third-order valence-corrected chi connectivity index (χ3v) is 3.40. The quantitative estimate of drug-likeness (QED) is 0.547. The molecular weight excluding hydrogens is 347 g/mol. The van der Waals surface area contributed by atoms with Gasteiger partial charge in [-0.15, -0.1) is 24.8 Å². The molecule has 4 aromatic rings. The Morgan fingerprint density at radius 2 is 1.71 bits per heavy atom. The minimum absolute atomic E-state index is 0. The highest BCUT2D eigenvalue weighted by Crippen LogP contribution is 2.20. The summed E-state index contributed by atoms with van der Waals surface area (Å²) in [6, 6.07) is 16.1. The van der Waals surface area contributed by atoms with Crippen molar-refractivity contribution < 1.29 is 5.48 Å². The largest absolute Gasteiger partial charge is 0.412 e. The first-order valence-corrected chi connectivity index (χ1v) is 6.71. The van der Waals surface area contributed by atoms with Crippen molar-refractivity contribution in [2.45, 2.75) is 0 Å². The molecular formula is C17H16Cl2N4O. The highest BCUT2D eigenvalue weighted by Gasteiger charge is 2.04. The number of rotatable bonds is 2. The van der Waals surface area contributed by atoms with E-state index in [4.69, 9.17) is 0 Å². The third-order valence-electron chi connectivity index (χ3n) is 3.40. The first-order chi connectivity index (χ1) is 10.4. The molecule has 5 nitrogen and oxygen atoms in total. The molecule has 0 amide bonds. The predicted molar refractivity (Wildman–Crippen MR) is 100 cm³/mol. The first-order valence-electron chi connectivity index (χ1n) is 6.71. The van der Waals surface area contributed by atoms with E-state index in [1.54, 1.807) is 12.5 Å². The molecule has 0 aliphatic rings. The Morgan fingerprint density at radius 3 is 2.42 bits per heavy atom. The number of benzene rings is 2. The van der Waals surface area contributed by atoms with E-state index in [0.29, 0.717) is 0 Å². The van der Waals surface area contributed by atoms with E-state index in [1.807, 2.05) is 59.4 Å². The number of halogens is 2. The molecule has 4 rings (SSSR count). The number of nitrogens with zero attached hydrogens (tertiary/aromatic N) is 4. The zero-order valence-electron chi connectivity index (χ0n) is 12.5. The Morgan fingerprint density at radius 1 is 0.917 bits per heavy atom. The average molecular weight is 363 g/mol. The lowest BCUT2D eigenvalue weighted by molar-refractivity contribution is 0.824. The van der Waals surface area contributed by atoms with E-state index in [1.165, 1.54) is 0 Å². The van der Waals surface area contributed by atoms with E-state index in [2.05, 4.69) is 21.0 Å². The van der Waals surface area contributed by atoms with Crippen LogP contribution in [-0.4, -0.2) is 25.0 Å². The van der Waals surface area contributed by atoms with Crippen LogP contribution in [0.3, 0.4) is 0 Å². The molecule has 0 aliphatic carbocycles. The molecule has 7 heteroatoms. The highest BCUT2D eigenvalue weighted by atomic mass is 35.5. The molecule has 0 aliphatic heterocycles. The second-order valence-corrected chi connectivity index (χ2v) is 4.77. The molecule has 0 saturated heterocycles. The molecule has 0 spiro atoms. The number of imidazole rings is 1. The Bertz CT molecular complexity index is 899. The van der Waals surface area contributed by atoms with Crippen LogP contribution in [0.1, 0.15) is 0 Å². The molecule has 2 aromatic heterocycles. The summed E-state index contributed by atoms with van der Waals surface area (Å²) in [5.74, 6) is 0.749. The van der Waals surface area contributed by atoms with Crippen LogP contribution in [0.4, 0.5) is 0 Å². The fourth-order valence-electron chi connectivity index (χ4n) is 2.32. The van der Waals surface area contributed by atoms with Crippen molar-refractivity contribution in [2.24, 2.45) is 0 Å². The first kappa shape index (κ1) is 19.6. The maximum Gasteiger partial charge on any atom is 0.159 e. The second-order valence-electron chi connectivity index (χ2n) is 4.77. The molecule has 0 radical (unpaired) electrons. The van der Waals surface area contributed by atoms with Crippen LogP contribution in [0.2, 0.25) is 0 Å². The number of aromatic nitrogens is 4. The Hall–Kier alpha value is -2.47. The molecule has 0 fully saturated rings. The summed E-state index contributed by atoms with van der Waals surface area (Å²) in [5.41, 5.74) is 3.02. The van der Waals surface area contributed by atoms with Gasteiger partial charge in [-0.1, -0.05) is 30.3 Å². The number of fused-ring (bicyclic) bond motifs is 1. The van der Waals surface area contributed by atoms with Crippen molar-refractivity contribution >= 4 is 35.7 Å². The van der Waals surface area contributed by atoms with E-state index >= 15 is 0 Å². The lowest BCUT2D eigenvalue weighted by Crippen LogP contribution is -1.93. The molecule has 2 aromatic carbocycles. The molecule has 2 N–H and O–H groups in total. The van der Waals surface area contributed by atoms with E-state index < -0.39 is 0 Å². The standard InChI is InChI=1S/C17H12N4.2ClH.H2O/c1-2-4-13(5-3-1)17-19-11-14-10-15(6-7-16(14)20-17)21-9-8-18-12-21;;;/h1-12H;2*1H;1H2. The van der Waals surface area contributed by atoms with E-state index in [9.17, 15) is 0 Å². The monoisotopic (exact) mass is 362 g/mol. The van der Waals surface area contributed by atoms with Crippen molar-refractivity contribution in [3.63, 3.8) is 0 Å². The summed E-state index contributed by atoms with van der Waals surface area (Å²) in [7, 11) is 0. The van der Waals surface area contributed by atoms with Gasteiger partial charge in [0.2, 0.25) is 0 Å². The number of hydrogen-bond donors (Lipinski definition) is 0. The Balaban J connectivity index is 0.000000960. The maximum atomic E-state index is 4.63. The lowest BCUT2D eigenvalue weighted by atomic mass is 10.2.